The number of halogens is 2. The Morgan fingerprint density at radius 2 is 2.19 bits per heavy atom. The molecule has 0 aromatic heterocycles. The van der Waals surface area contributed by atoms with E-state index in [9.17, 15) is 19.1 Å². The molecule has 0 radical (unpaired) electrons. The molecule has 4 nitrogen and oxygen atoms in total. The van der Waals surface area contributed by atoms with Crippen molar-refractivity contribution < 1.29 is 19.1 Å². The number of carbonyl (C=O) groups excluding carboxylic acids is 1. The van der Waals surface area contributed by atoms with Gasteiger partial charge >= 0.3 is 5.97 Å². The van der Waals surface area contributed by atoms with Crippen LogP contribution in [0.5, 0.6) is 0 Å². The summed E-state index contributed by atoms with van der Waals surface area (Å²) < 4.78 is 13.7. The summed E-state index contributed by atoms with van der Waals surface area (Å²) >= 11 is 3.28. The van der Waals surface area contributed by atoms with Crippen LogP contribution in [0.1, 0.15) is 31.9 Å². The molecule has 1 aromatic rings. The maximum Gasteiger partial charge on any atom is 0.309 e. The Hall–Kier alpha value is -1.43. The lowest BCUT2D eigenvalue weighted by Gasteiger charge is -2.29. The fraction of sp³-hybridized carbons (Fsp3) is 0.467. The van der Waals surface area contributed by atoms with Crippen LogP contribution in [-0.4, -0.2) is 28.4 Å². The van der Waals surface area contributed by atoms with Crippen molar-refractivity contribution in [2.24, 2.45) is 11.8 Å². The van der Waals surface area contributed by atoms with E-state index in [1.807, 2.05) is 13.8 Å². The molecule has 1 aliphatic heterocycles. The molecule has 0 bridgehead atoms. The molecule has 0 saturated carbocycles. The summed E-state index contributed by atoms with van der Waals surface area (Å²) in [4.78, 5) is 25.2. The number of carbonyl (C=O) groups is 2. The molecule has 114 valence electrons. The van der Waals surface area contributed by atoms with Crippen molar-refractivity contribution in [2.75, 3.05) is 6.54 Å². The highest BCUT2D eigenvalue weighted by molar-refractivity contribution is 9.10. The molecular weight excluding hydrogens is 341 g/mol. The molecule has 1 heterocycles. The topological polar surface area (TPSA) is 57.6 Å². The second-order valence-corrected chi connectivity index (χ2v) is 6.55. The average molecular weight is 358 g/mol. The average Bonchev–Trinajstić information content (AvgIpc) is 2.67. The highest BCUT2D eigenvalue weighted by atomic mass is 79.9. The van der Waals surface area contributed by atoms with E-state index in [0.717, 1.165) is 0 Å². The van der Waals surface area contributed by atoms with Crippen molar-refractivity contribution in [2.45, 2.75) is 26.3 Å². The zero-order chi connectivity index (χ0) is 15.7. The summed E-state index contributed by atoms with van der Waals surface area (Å²) in [7, 11) is 0. The van der Waals surface area contributed by atoms with Crippen LogP contribution in [0.2, 0.25) is 0 Å². The lowest BCUT2D eigenvalue weighted by molar-refractivity contribution is -0.142. The van der Waals surface area contributed by atoms with Crippen LogP contribution in [0.25, 0.3) is 0 Å². The van der Waals surface area contributed by atoms with Gasteiger partial charge < -0.3 is 10.0 Å². The molecule has 1 amide bonds. The van der Waals surface area contributed by atoms with Gasteiger partial charge in [0.15, 0.2) is 0 Å². The van der Waals surface area contributed by atoms with Gasteiger partial charge in [-0.25, -0.2) is 4.39 Å². The summed E-state index contributed by atoms with van der Waals surface area (Å²) in [5, 5.41) is 9.39. The zero-order valence-corrected chi connectivity index (χ0v) is 13.4. The first-order chi connectivity index (χ1) is 9.81. The number of hydrogen-bond acceptors (Lipinski definition) is 2. The molecule has 21 heavy (non-hydrogen) atoms. The normalized spacial score (nSPS) is 22.1. The quantitative estimate of drug-likeness (QED) is 0.899. The Morgan fingerprint density at radius 1 is 1.52 bits per heavy atom. The fourth-order valence-electron chi connectivity index (χ4n) is 2.75. The third-order valence-electron chi connectivity index (χ3n) is 3.59. The van der Waals surface area contributed by atoms with Gasteiger partial charge in [-0.2, -0.15) is 0 Å². The minimum Gasteiger partial charge on any atom is -0.481 e. The standard InChI is InChI=1S/C15H17BrFNO3/c1-8(2)7-18-13(19)6-11(15(20)21)14(18)10-4-3-9(17)5-12(10)16/h3-5,8,11,14H,6-7H2,1-2H3,(H,20,21). The van der Waals surface area contributed by atoms with Crippen LogP contribution in [0.4, 0.5) is 4.39 Å². The van der Waals surface area contributed by atoms with E-state index in [0.29, 0.717) is 16.6 Å². The summed E-state index contributed by atoms with van der Waals surface area (Å²) in [6.45, 7) is 4.42. The van der Waals surface area contributed by atoms with Gasteiger partial charge in [0, 0.05) is 17.4 Å². The number of nitrogens with zero attached hydrogens (tertiary/aromatic N) is 1. The molecule has 1 fully saturated rings. The predicted molar refractivity (Wildman–Crippen MR) is 79.1 cm³/mol. The molecule has 6 heteroatoms. The van der Waals surface area contributed by atoms with Gasteiger partial charge in [0.1, 0.15) is 5.82 Å². The van der Waals surface area contributed by atoms with Crippen molar-refractivity contribution in [1.29, 1.82) is 0 Å². The van der Waals surface area contributed by atoms with Crippen LogP contribution in [-0.2, 0) is 9.59 Å². The first kappa shape index (κ1) is 15.9. The van der Waals surface area contributed by atoms with Crippen molar-refractivity contribution in [3.8, 4) is 0 Å². The van der Waals surface area contributed by atoms with Gasteiger partial charge in [-0.3, -0.25) is 9.59 Å². The van der Waals surface area contributed by atoms with Gasteiger partial charge in [-0.05, 0) is 23.6 Å². The Bertz CT molecular complexity index is 576. The Balaban J connectivity index is 2.46. The van der Waals surface area contributed by atoms with E-state index in [1.54, 1.807) is 11.0 Å². The SMILES string of the molecule is CC(C)CN1C(=O)CC(C(=O)O)C1c1ccc(F)cc1Br. The van der Waals surface area contributed by atoms with Gasteiger partial charge in [-0.15, -0.1) is 0 Å². The molecular formula is C15H17BrFNO3. The minimum absolute atomic E-state index is 0.0173. The van der Waals surface area contributed by atoms with Crippen LogP contribution < -0.4 is 0 Å². The molecule has 1 aliphatic rings. The highest BCUT2D eigenvalue weighted by Gasteiger charge is 2.45. The van der Waals surface area contributed by atoms with Crippen molar-refractivity contribution in [3.05, 3.63) is 34.1 Å². The van der Waals surface area contributed by atoms with Crippen LogP contribution >= 0.6 is 15.9 Å². The monoisotopic (exact) mass is 357 g/mol. The van der Waals surface area contributed by atoms with E-state index in [2.05, 4.69) is 15.9 Å². The first-order valence-electron chi connectivity index (χ1n) is 6.78. The molecule has 2 atom stereocenters. The minimum atomic E-state index is -1.00. The Kier molecular flexibility index (Phi) is 4.66. The van der Waals surface area contributed by atoms with Crippen LogP contribution in [0.15, 0.2) is 22.7 Å². The molecule has 1 N–H and O–H groups in total. The molecule has 2 rings (SSSR count). The first-order valence-corrected chi connectivity index (χ1v) is 7.57. The third-order valence-corrected chi connectivity index (χ3v) is 4.28. The van der Waals surface area contributed by atoms with Gasteiger partial charge in [-0.1, -0.05) is 35.8 Å². The molecule has 2 unspecified atom stereocenters. The molecule has 1 saturated heterocycles. The largest absolute Gasteiger partial charge is 0.481 e. The number of amides is 1. The second kappa shape index (κ2) is 6.13. The maximum absolute atomic E-state index is 13.2. The number of rotatable bonds is 4. The zero-order valence-electron chi connectivity index (χ0n) is 11.8. The van der Waals surface area contributed by atoms with Crippen molar-refractivity contribution >= 4 is 27.8 Å². The summed E-state index contributed by atoms with van der Waals surface area (Å²) in [6.07, 6.45) is -0.0173. The number of carboxylic acids is 1. The fourth-order valence-corrected chi connectivity index (χ4v) is 3.33. The van der Waals surface area contributed by atoms with Gasteiger partial charge in [0.05, 0.1) is 12.0 Å². The predicted octanol–water partition coefficient (Wildman–Crippen LogP) is 3.22. The maximum atomic E-state index is 13.2. The Morgan fingerprint density at radius 3 is 2.71 bits per heavy atom. The summed E-state index contributed by atoms with van der Waals surface area (Å²) in [6, 6.07) is 3.57. The van der Waals surface area contributed by atoms with E-state index < -0.39 is 23.7 Å². The van der Waals surface area contributed by atoms with E-state index in [1.165, 1.54) is 12.1 Å². The molecule has 0 spiro atoms. The summed E-state index contributed by atoms with van der Waals surface area (Å²) in [5.74, 6) is -2.16. The van der Waals surface area contributed by atoms with Crippen LogP contribution in [0.3, 0.4) is 0 Å². The van der Waals surface area contributed by atoms with Crippen LogP contribution in [0, 0.1) is 17.7 Å². The molecule has 0 aliphatic carbocycles. The van der Waals surface area contributed by atoms with E-state index in [4.69, 9.17) is 0 Å². The van der Waals surface area contributed by atoms with Gasteiger partial charge in [0.25, 0.3) is 0 Å². The van der Waals surface area contributed by atoms with Crippen molar-refractivity contribution in [1.82, 2.24) is 4.90 Å². The number of aliphatic carboxylic acids is 1. The third kappa shape index (κ3) is 3.26. The van der Waals surface area contributed by atoms with E-state index in [-0.39, 0.29) is 18.2 Å². The molecule has 1 aromatic carbocycles. The smallest absolute Gasteiger partial charge is 0.309 e. The highest BCUT2D eigenvalue weighted by Crippen LogP contribution is 2.41. The Labute approximate surface area is 131 Å². The lowest BCUT2D eigenvalue weighted by atomic mass is 9.93. The van der Waals surface area contributed by atoms with Gasteiger partial charge in [0.2, 0.25) is 5.91 Å². The van der Waals surface area contributed by atoms with E-state index >= 15 is 0 Å². The number of carboxylic acid groups (broad SMARTS) is 1. The van der Waals surface area contributed by atoms with Crippen molar-refractivity contribution in [3.63, 3.8) is 0 Å². The number of hydrogen-bond donors (Lipinski definition) is 1. The number of likely N-dealkylation sites (tertiary alicyclic amines) is 1. The number of benzene rings is 1. The summed E-state index contributed by atoms with van der Waals surface area (Å²) in [5.41, 5.74) is 0.635. The second-order valence-electron chi connectivity index (χ2n) is 5.70. The lowest BCUT2D eigenvalue weighted by Crippen LogP contribution is -2.33.